The molecule has 0 atom stereocenters. The fourth-order valence-electron chi connectivity index (χ4n) is 2.64. The van der Waals surface area contributed by atoms with Gasteiger partial charge < -0.3 is 10.3 Å². The summed E-state index contributed by atoms with van der Waals surface area (Å²) in [4.78, 5) is 15.2. The number of rotatable bonds is 7. The molecule has 3 rings (SSSR count). The lowest BCUT2D eigenvalue weighted by Crippen LogP contribution is -2.27. The number of aromatic amines is 1. The maximum Gasteiger partial charge on any atom is 0.230 e. The fraction of sp³-hybridized carbons (Fsp3) is 0.211. The molecule has 3 nitrogen and oxygen atoms in total. The first-order valence-corrected chi connectivity index (χ1v) is 10.4. The highest BCUT2D eigenvalue weighted by atomic mass is 35.5. The van der Waals surface area contributed by atoms with E-state index >= 15 is 0 Å². The van der Waals surface area contributed by atoms with Crippen LogP contribution < -0.4 is 5.32 Å². The summed E-state index contributed by atoms with van der Waals surface area (Å²) in [5.74, 6) is 1.14. The van der Waals surface area contributed by atoms with Gasteiger partial charge in [0.2, 0.25) is 5.91 Å². The molecule has 0 aliphatic heterocycles. The van der Waals surface area contributed by atoms with Gasteiger partial charge in [0.15, 0.2) is 0 Å². The van der Waals surface area contributed by atoms with Crippen LogP contribution in [0.4, 0.5) is 0 Å². The van der Waals surface area contributed by atoms with Crippen LogP contribution in [0.3, 0.4) is 0 Å². The first-order chi connectivity index (χ1) is 12.5. The van der Waals surface area contributed by atoms with Crippen molar-refractivity contribution in [2.24, 2.45) is 0 Å². The predicted molar refractivity (Wildman–Crippen MR) is 113 cm³/mol. The Balaban J connectivity index is 1.42. The number of H-pyrrole nitrogens is 1. The third kappa shape index (κ3) is 5.10. The van der Waals surface area contributed by atoms with Gasteiger partial charge in [-0.15, -0.1) is 11.8 Å². The van der Waals surface area contributed by atoms with Crippen LogP contribution in [0.15, 0.2) is 42.6 Å². The number of benzene rings is 2. The van der Waals surface area contributed by atoms with Crippen molar-refractivity contribution in [2.45, 2.75) is 12.2 Å². The molecule has 2 N–H and O–H groups in total. The number of amides is 1. The van der Waals surface area contributed by atoms with Crippen LogP contribution in [0.1, 0.15) is 11.1 Å². The summed E-state index contributed by atoms with van der Waals surface area (Å²) < 4.78 is 0. The number of carbonyl (C=O) groups excluding carboxylic acids is 1. The Hall–Kier alpha value is -1.33. The summed E-state index contributed by atoms with van der Waals surface area (Å²) in [6.45, 7) is 0.589. The number of nitrogens with one attached hydrogen (secondary N) is 2. The van der Waals surface area contributed by atoms with Crippen molar-refractivity contribution in [3.05, 3.63) is 68.8 Å². The SMILES string of the molecule is O=C(CSCc1ccc(Cl)c(Cl)c1)NCCc1c[nH]c2ccc(Cl)cc12. The first-order valence-electron chi connectivity index (χ1n) is 8.07. The molecule has 0 spiro atoms. The van der Waals surface area contributed by atoms with Crippen molar-refractivity contribution < 1.29 is 4.79 Å². The molecule has 26 heavy (non-hydrogen) atoms. The molecule has 0 fully saturated rings. The third-order valence-corrected chi connectivity index (χ3v) is 5.91. The Morgan fingerprint density at radius 2 is 1.92 bits per heavy atom. The average molecular weight is 428 g/mol. The number of halogens is 3. The summed E-state index contributed by atoms with van der Waals surface area (Å²) >= 11 is 19.5. The zero-order valence-electron chi connectivity index (χ0n) is 13.8. The lowest BCUT2D eigenvalue weighted by molar-refractivity contribution is -0.118. The number of hydrogen-bond donors (Lipinski definition) is 2. The number of carbonyl (C=O) groups is 1. The molecule has 0 aliphatic carbocycles. The lowest BCUT2D eigenvalue weighted by atomic mass is 10.1. The van der Waals surface area contributed by atoms with Gasteiger partial charge in [0.1, 0.15) is 0 Å². The molecule has 1 heterocycles. The summed E-state index contributed by atoms with van der Waals surface area (Å²) in [6.07, 6.45) is 2.72. The fourth-order valence-corrected chi connectivity index (χ4v) is 3.93. The zero-order chi connectivity index (χ0) is 18.5. The number of fused-ring (bicyclic) bond motifs is 1. The van der Waals surface area contributed by atoms with Gasteiger partial charge in [0.05, 0.1) is 15.8 Å². The second kappa shape index (κ2) is 9.05. The van der Waals surface area contributed by atoms with E-state index in [4.69, 9.17) is 34.8 Å². The summed E-state index contributed by atoms with van der Waals surface area (Å²) in [6, 6.07) is 11.3. The van der Waals surface area contributed by atoms with Gasteiger partial charge in [-0.2, -0.15) is 0 Å². The Bertz CT molecular complexity index is 926. The van der Waals surface area contributed by atoms with Crippen LogP contribution in [0.5, 0.6) is 0 Å². The molecule has 136 valence electrons. The quantitative estimate of drug-likeness (QED) is 0.506. The Morgan fingerprint density at radius 1 is 1.08 bits per heavy atom. The highest BCUT2D eigenvalue weighted by Crippen LogP contribution is 2.25. The predicted octanol–water partition coefficient (Wildman–Crippen LogP) is 5.72. The van der Waals surface area contributed by atoms with Gasteiger partial charge in [0.25, 0.3) is 0 Å². The molecule has 0 saturated carbocycles. The van der Waals surface area contributed by atoms with Crippen molar-refractivity contribution in [1.82, 2.24) is 10.3 Å². The second-order valence-electron chi connectivity index (χ2n) is 5.85. The van der Waals surface area contributed by atoms with Crippen LogP contribution in [-0.4, -0.2) is 23.2 Å². The van der Waals surface area contributed by atoms with Crippen molar-refractivity contribution >= 4 is 63.4 Å². The summed E-state index contributed by atoms with van der Waals surface area (Å²) in [7, 11) is 0. The number of thioether (sulfide) groups is 1. The van der Waals surface area contributed by atoms with Gasteiger partial charge in [-0.1, -0.05) is 40.9 Å². The minimum atomic E-state index is 0.0212. The largest absolute Gasteiger partial charge is 0.361 e. The standard InChI is InChI=1S/C19H17Cl3N2OS/c20-14-2-4-18-15(8-14)13(9-24-18)5-6-23-19(25)11-26-10-12-1-3-16(21)17(22)7-12/h1-4,7-9,24H,5-6,10-11H2,(H,23,25). The molecule has 7 heteroatoms. The van der Waals surface area contributed by atoms with Crippen LogP contribution >= 0.6 is 46.6 Å². The van der Waals surface area contributed by atoms with Crippen LogP contribution in [-0.2, 0) is 17.0 Å². The summed E-state index contributed by atoms with van der Waals surface area (Å²) in [5, 5.41) is 5.83. The van der Waals surface area contributed by atoms with E-state index in [2.05, 4.69) is 10.3 Å². The Morgan fingerprint density at radius 3 is 2.73 bits per heavy atom. The average Bonchev–Trinajstić information content (AvgIpc) is 3.00. The molecule has 0 saturated heterocycles. The van der Waals surface area contributed by atoms with E-state index in [1.165, 1.54) is 0 Å². The molecule has 1 amide bonds. The Labute approximate surface area is 171 Å². The second-order valence-corrected chi connectivity index (χ2v) is 8.08. The summed E-state index contributed by atoms with van der Waals surface area (Å²) in [5.41, 5.74) is 3.24. The van der Waals surface area contributed by atoms with E-state index in [9.17, 15) is 4.79 Å². The highest BCUT2D eigenvalue weighted by Gasteiger charge is 2.07. The maximum absolute atomic E-state index is 12.0. The van der Waals surface area contributed by atoms with E-state index < -0.39 is 0 Å². The molecule has 0 unspecified atom stereocenters. The minimum Gasteiger partial charge on any atom is -0.361 e. The van der Waals surface area contributed by atoms with Crippen LogP contribution in [0.2, 0.25) is 15.1 Å². The maximum atomic E-state index is 12.0. The first kappa shape index (κ1) is 19.4. The van der Waals surface area contributed by atoms with Crippen molar-refractivity contribution in [3.63, 3.8) is 0 Å². The van der Waals surface area contributed by atoms with E-state index in [1.54, 1.807) is 17.8 Å². The Kier molecular flexibility index (Phi) is 6.76. The van der Waals surface area contributed by atoms with Gasteiger partial charge in [-0.3, -0.25) is 4.79 Å². The van der Waals surface area contributed by atoms with Crippen molar-refractivity contribution in [1.29, 1.82) is 0 Å². The number of aromatic nitrogens is 1. The lowest BCUT2D eigenvalue weighted by Gasteiger charge is -2.06. The monoisotopic (exact) mass is 426 g/mol. The molecule has 0 radical (unpaired) electrons. The van der Waals surface area contributed by atoms with E-state index in [0.29, 0.717) is 33.1 Å². The highest BCUT2D eigenvalue weighted by molar-refractivity contribution is 7.99. The molecule has 2 aromatic carbocycles. The topological polar surface area (TPSA) is 44.9 Å². The van der Waals surface area contributed by atoms with Gasteiger partial charge in [-0.25, -0.2) is 0 Å². The zero-order valence-corrected chi connectivity index (χ0v) is 16.9. The number of hydrogen-bond acceptors (Lipinski definition) is 2. The normalized spacial score (nSPS) is 11.0. The molecule has 0 aliphatic rings. The van der Waals surface area contributed by atoms with Crippen molar-refractivity contribution in [3.8, 4) is 0 Å². The third-order valence-electron chi connectivity index (χ3n) is 3.93. The van der Waals surface area contributed by atoms with Gasteiger partial charge in [-0.05, 0) is 47.9 Å². The molecule has 0 bridgehead atoms. The van der Waals surface area contributed by atoms with E-state index in [1.807, 2.05) is 36.5 Å². The van der Waals surface area contributed by atoms with E-state index in [-0.39, 0.29) is 5.91 Å². The smallest absolute Gasteiger partial charge is 0.230 e. The molecular weight excluding hydrogens is 411 g/mol. The van der Waals surface area contributed by atoms with Crippen molar-refractivity contribution in [2.75, 3.05) is 12.3 Å². The van der Waals surface area contributed by atoms with Crippen LogP contribution in [0, 0.1) is 0 Å². The van der Waals surface area contributed by atoms with Crippen LogP contribution in [0.25, 0.3) is 10.9 Å². The van der Waals surface area contributed by atoms with Gasteiger partial charge in [0, 0.05) is 34.4 Å². The molecular formula is C19H17Cl3N2OS. The van der Waals surface area contributed by atoms with E-state index in [0.717, 1.165) is 28.5 Å². The molecule has 3 aromatic rings. The minimum absolute atomic E-state index is 0.0212. The molecule has 1 aromatic heterocycles. The van der Waals surface area contributed by atoms with Gasteiger partial charge >= 0.3 is 0 Å².